The standard InChI is InChI=1S/C16H17FN2O2S2/c1-10-9-13(15(20)21-2)14(23-10)19-16(22)18-8-7-11-3-5-12(17)6-4-11/h3-6,9H,7-8H2,1-2H3,(H2,18,19,22). The summed E-state index contributed by atoms with van der Waals surface area (Å²) in [4.78, 5) is 12.7. The van der Waals surface area contributed by atoms with Gasteiger partial charge >= 0.3 is 5.97 Å². The minimum Gasteiger partial charge on any atom is -0.465 e. The number of carbonyl (C=O) groups is 1. The van der Waals surface area contributed by atoms with Gasteiger partial charge in [-0.1, -0.05) is 12.1 Å². The fourth-order valence-electron chi connectivity index (χ4n) is 1.99. The summed E-state index contributed by atoms with van der Waals surface area (Å²) in [6.07, 6.45) is 0.718. The summed E-state index contributed by atoms with van der Waals surface area (Å²) in [7, 11) is 1.35. The molecule has 0 atom stereocenters. The molecule has 0 unspecified atom stereocenters. The monoisotopic (exact) mass is 352 g/mol. The first-order valence-electron chi connectivity index (χ1n) is 6.97. The van der Waals surface area contributed by atoms with E-state index in [1.54, 1.807) is 18.2 Å². The van der Waals surface area contributed by atoms with Crippen LogP contribution in [-0.4, -0.2) is 24.7 Å². The predicted molar refractivity (Wildman–Crippen MR) is 94.7 cm³/mol. The minimum absolute atomic E-state index is 0.248. The lowest BCUT2D eigenvalue weighted by molar-refractivity contribution is 0.0602. The SMILES string of the molecule is COC(=O)c1cc(C)sc1NC(=S)NCCc1ccc(F)cc1. The number of nitrogens with one attached hydrogen (secondary N) is 2. The number of hydrogen-bond donors (Lipinski definition) is 2. The molecule has 1 aromatic heterocycles. The smallest absolute Gasteiger partial charge is 0.340 e. The van der Waals surface area contributed by atoms with E-state index in [1.165, 1.54) is 30.6 Å². The third-order valence-corrected chi connectivity index (χ3v) is 4.31. The number of esters is 1. The van der Waals surface area contributed by atoms with Crippen molar-refractivity contribution in [2.24, 2.45) is 0 Å². The molecule has 23 heavy (non-hydrogen) atoms. The van der Waals surface area contributed by atoms with Crippen LogP contribution in [0.2, 0.25) is 0 Å². The molecule has 0 aliphatic rings. The Bertz CT molecular complexity index is 699. The van der Waals surface area contributed by atoms with Crippen molar-refractivity contribution in [3.63, 3.8) is 0 Å². The number of methoxy groups -OCH3 is 1. The van der Waals surface area contributed by atoms with Gasteiger partial charge in [0.2, 0.25) is 0 Å². The molecule has 0 bridgehead atoms. The average Bonchev–Trinajstić information content (AvgIpc) is 2.89. The second-order valence-corrected chi connectivity index (χ2v) is 6.51. The number of thiocarbonyl (C=S) groups is 1. The molecule has 0 radical (unpaired) electrons. The first-order valence-corrected chi connectivity index (χ1v) is 8.20. The quantitative estimate of drug-likeness (QED) is 0.637. The first kappa shape index (κ1) is 17.4. The molecule has 0 aliphatic heterocycles. The van der Waals surface area contributed by atoms with E-state index in [0.29, 0.717) is 22.2 Å². The van der Waals surface area contributed by atoms with Crippen molar-refractivity contribution in [3.8, 4) is 0 Å². The van der Waals surface area contributed by atoms with Gasteiger partial charge in [-0.25, -0.2) is 9.18 Å². The molecule has 122 valence electrons. The Labute approximate surface area is 143 Å². The molecule has 2 rings (SSSR count). The summed E-state index contributed by atoms with van der Waals surface area (Å²) in [6, 6.07) is 8.11. The van der Waals surface area contributed by atoms with Crippen LogP contribution in [0.3, 0.4) is 0 Å². The molecule has 4 nitrogen and oxygen atoms in total. The van der Waals surface area contributed by atoms with Gasteiger partial charge in [0.05, 0.1) is 12.7 Å². The van der Waals surface area contributed by atoms with Gasteiger partial charge in [0.1, 0.15) is 10.8 Å². The zero-order valence-electron chi connectivity index (χ0n) is 12.8. The van der Waals surface area contributed by atoms with Crippen LogP contribution in [0.15, 0.2) is 30.3 Å². The van der Waals surface area contributed by atoms with Crippen molar-refractivity contribution in [1.82, 2.24) is 5.32 Å². The Morgan fingerprint density at radius 2 is 2.04 bits per heavy atom. The second-order valence-electron chi connectivity index (χ2n) is 4.85. The third-order valence-electron chi connectivity index (χ3n) is 3.10. The largest absolute Gasteiger partial charge is 0.465 e. The van der Waals surface area contributed by atoms with E-state index in [4.69, 9.17) is 17.0 Å². The Balaban J connectivity index is 1.87. The van der Waals surface area contributed by atoms with Crippen molar-refractivity contribution < 1.29 is 13.9 Å². The molecule has 2 N–H and O–H groups in total. The topological polar surface area (TPSA) is 50.4 Å². The molecule has 0 amide bonds. The number of carbonyl (C=O) groups excluding carboxylic acids is 1. The number of aryl methyl sites for hydroxylation is 1. The van der Waals surface area contributed by atoms with E-state index in [0.717, 1.165) is 16.9 Å². The molecular formula is C16H17FN2O2S2. The maximum absolute atomic E-state index is 12.8. The Kier molecular flexibility index (Phi) is 6.06. The van der Waals surface area contributed by atoms with Crippen molar-refractivity contribution in [1.29, 1.82) is 0 Å². The number of benzene rings is 1. The Morgan fingerprint density at radius 1 is 1.35 bits per heavy atom. The third kappa shape index (κ3) is 5.01. The summed E-state index contributed by atoms with van der Waals surface area (Å²) < 4.78 is 17.6. The average molecular weight is 352 g/mol. The molecule has 0 spiro atoms. The van der Waals surface area contributed by atoms with E-state index < -0.39 is 5.97 Å². The molecule has 0 fully saturated rings. The second kappa shape index (κ2) is 8.03. The number of rotatable bonds is 5. The van der Waals surface area contributed by atoms with Gasteiger partial charge in [0.25, 0.3) is 0 Å². The highest BCUT2D eigenvalue weighted by atomic mass is 32.1. The normalized spacial score (nSPS) is 10.2. The van der Waals surface area contributed by atoms with E-state index in [2.05, 4.69) is 10.6 Å². The van der Waals surface area contributed by atoms with Crippen LogP contribution in [0.5, 0.6) is 0 Å². The molecule has 0 saturated heterocycles. The highest BCUT2D eigenvalue weighted by Crippen LogP contribution is 2.28. The maximum atomic E-state index is 12.8. The van der Waals surface area contributed by atoms with Gasteiger partial charge in [0, 0.05) is 11.4 Å². The van der Waals surface area contributed by atoms with Crippen LogP contribution >= 0.6 is 23.6 Å². The van der Waals surface area contributed by atoms with Gasteiger partial charge < -0.3 is 15.4 Å². The number of thiophene rings is 1. The van der Waals surface area contributed by atoms with Crippen LogP contribution in [0.25, 0.3) is 0 Å². The summed E-state index contributed by atoms with van der Waals surface area (Å²) >= 11 is 6.67. The van der Waals surface area contributed by atoms with E-state index in [-0.39, 0.29) is 5.82 Å². The number of ether oxygens (including phenoxy) is 1. The highest BCUT2D eigenvalue weighted by Gasteiger charge is 2.16. The highest BCUT2D eigenvalue weighted by molar-refractivity contribution is 7.80. The zero-order valence-corrected chi connectivity index (χ0v) is 14.4. The lowest BCUT2D eigenvalue weighted by Crippen LogP contribution is -2.30. The molecule has 1 heterocycles. The van der Waals surface area contributed by atoms with Crippen LogP contribution in [0, 0.1) is 12.7 Å². The number of anilines is 1. The molecule has 2 aromatic rings. The van der Waals surface area contributed by atoms with Crippen LogP contribution in [0.1, 0.15) is 20.8 Å². The summed E-state index contributed by atoms with van der Waals surface area (Å²) in [5, 5.41) is 7.18. The van der Waals surface area contributed by atoms with Crippen LogP contribution < -0.4 is 10.6 Å². The maximum Gasteiger partial charge on any atom is 0.340 e. The number of halogens is 1. The van der Waals surface area contributed by atoms with Gasteiger partial charge in [-0.05, 0) is 49.3 Å². The summed E-state index contributed by atoms with van der Waals surface area (Å²) in [5.41, 5.74) is 1.49. The molecule has 7 heteroatoms. The van der Waals surface area contributed by atoms with Crippen LogP contribution in [-0.2, 0) is 11.2 Å². The van der Waals surface area contributed by atoms with Crippen molar-refractivity contribution in [2.75, 3.05) is 19.0 Å². The van der Waals surface area contributed by atoms with Gasteiger partial charge in [-0.2, -0.15) is 0 Å². The lowest BCUT2D eigenvalue weighted by atomic mass is 10.1. The van der Waals surface area contributed by atoms with Gasteiger partial charge in [0.15, 0.2) is 5.11 Å². The zero-order chi connectivity index (χ0) is 16.8. The fraction of sp³-hybridized carbons (Fsp3) is 0.250. The van der Waals surface area contributed by atoms with Crippen LogP contribution in [0.4, 0.5) is 9.39 Å². The van der Waals surface area contributed by atoms with Crippen molar-refractivity contribution in [3.05, 3.63) is 52.2 Å². The molecule has 0 aliphatic carbocycles. The van der Waals surface area contributed by atoms with Crippen molar-refractivity contribution in [2.45, 2.75) is 13.3 Å². The first-order chi connectivity index (χ1) is 11.0. The fourth-order valence-corrected chi connectivity index (χ4v) is 3.16. The Hall–Kier alpha value is -1.99. The summed E-state index contributed by atoms with van der Waals surface area (Å²) in [6.45, 7) is 2.52. The predicted octanol–water partition coefficient (Wildman–Crippen LogP) is 3.51. The van der Waals surface area contributed by atoms with E-state index in [1.807, 2.05) is 6.92 Å². The summed E-state index contributed by atoms with van der Waals surface area (Å²) in [5.74, 6) is -0.645. The lowest BCUT2D eigenvalue weighted by Gasteiger charge is -2.10. The molecular weight excluding hydrogens is 335 g/mol. The Morgan fingerprint density at radius 3 is 2.70 bits per heavy atom. The van der Waals surface area contributed by atoms with E-state index >= 15 is 0 Å². The van der Waals surface area contributed by atoms with Gasteiger partial charge in [-0.15, -0.1) is 11.3 Å². The molecule has 0 saturated carbocycles. The minimum atomic E-state index is -0.397. The van der Waals surface area contributed by atoms with Gasteiger partial charge in [-0.3, -0.25) is 0 Å². The van der Waals surface area contributed by atoms with E-state index in [9.17, 15) is 9.18 Å². The van der Waals surface area contributed by atoms with Crippen molar-refractivity contribution >= 4 is 39.6 Å². The number of hydrogen-bond acceptors (Lipinski definition) is 4. The molecule has 1 aromatic carbocycles.